The first-order valence-electron chi connectivity index (χ1n) is 12.6. The van der Waals surface area contributed by atoms with Gasteiger partial charge in [-0.25, -0.2) is 0 Å². The fourth-order valence-electron chi connectivity index (χ4n) is 5.04. The number of hydrogen-bond donors (Lipinski definition) is 1. The molecule has 190 valence electrons. The number of benzene rings is 2. The maximum Gasteiger partial charge on any atom is 0.131 e. The molecule has 3 aromatic rings. The molecule has 7 heteroatoms. The van der Waals surface area contributed by atoms with Crippen LogP contribution >= 0.6 is 11.6 Å². The number of pyridine rings is 1. The van der Waals surface area contributed by atoms with Crippen LogP contribution in [0.25, 0.3) is 5.57 Å². The molecule has 2 aliphatic rings. The van der Waals surface area contributed by atoms with Crippen LogP contribution in [-0.2, 0) is 12.2 Å². The van der Waals surface area contributed by atoms with E-state index in [-0.39, 0.29) is 6.04 Å². The molecule has 1 N–H and O–H groups in total. The highest BCUT2D eigenvalue weighted by atomic mass is 35.5. The van der Waals surface area contributed by atoms with Crippen LogP contribution in [0.1, 0.15) is 42.7 Å². The highest BCUT2D eigenvalue weighted by molar-refractivity contribution is 6.30. The molecule has 5 rings (SSSR count). The number of ether oxygens (including phenoxy) is 1. The summed E-state index contributed by atoms with van der Waals surface area (Å²) in [4.78, 5) is 9.08. The molecule has 1 aromatic heterocycles. The number of rotatable bonds is 5. The van der Waals surface area contributed by atoms with Crippen LogP contribution < -0.4 is 9.64 Å². The SMILES string of the molecule is CC(C)(O)c1ccc2c(c1)C(=CCCN1CCN(c3ccc(Cl)cc3)C(C#N)C1)c1cccnc1CO2. The van der Waals surface area contributed by atoms with E-state index in [1.54, 1.807) is 20.0 Å². The van der Waals surface area contributed by atoms with E-state index in [1.807, 2.05) is 48.5 Å². The summed E-state index contributed by atoms with van der Waals surface area (Å²) in [5.74, 6) is 0.790. The Kier molecular flexibility index (Phi) is 7.21. The molecule has 1 unspecified atom stereocenters. The molecule has 0 amide bonds. The van der Waals surface area contributed by atoms with Gasteiger partial charge in [0.15, 0.2) is 0 Å². The van der Waals surface area contributed by atoms with Crippen LogP contribution in [0.4, 0.5) is 5.69 Å². The van der Waals surface area contributed by atoms with Gasteiger partial charge in [-0.1, -0.05) is 29.8 Å². The van der Waals surface area contributed by atoms with Crippen LogP contribution in [0.3, 0.4) is 0 Å². The third-order valence-electron chi connectivity index (χ3n) is 7.09. The molecule has 6 nitrogen and oxygen atoms in total. The fraction of sp³-hybridized carbons (Fsp3) is 0.333. The number of anilines is 1. The average Bonchev–Trinajstić information content (AvgIpc) is 3.05. The maximum absolute atomic E-state index is 10.6. The van der Waals surface area contributed by atoms with E-state index >= 15 is 0 Å². The molecule has 0 saturated carbocycles. The molecule has 37 heavy (non-hydrogen) atoms. The van der Waals surface area contributed by atoms with Gasteiger partial charge in [-0.15, -0.1) is 0 Å². The lowest BCUT2D eigenvalue weighted by atomic mass is 9.90. The predicted octanol–water partition coefficient (Wildman–Crippen LogP) is 5.39. The minimum Gasteiger partial charge on any atom is -0.487 e. The molecule has 0 spiro atoms. The molecule has 0 radical (unpaired) electrons. The van der Waals surface area contributed by atoms with Crippen molar-refractivity contribution in [2.75, 3.05) is 31.1 Å². The summed E-state index contributed by atoms with van der Waals surface area (Å²) in [7, 11) is 0. The van der Waals surface area contributed by atoms with Crippen molar-refractivity contribution >= 4 is 22.9 Å². The minimum atomic E-state index is -0.958. The van der Waals surface area contributed by atoms with E-state index in [2.05, 4.69) is 33.0 Å². The van der Waals surface area contributed by atoms with Gasteiger partial charge in [0.2, 0.25) is 0 Å². The first-order chi connectivity index (χ1) is 17.8. The molecule has 3 heterocycles. The summed E-state index contributed by atoms with van der Waals surface area (Å²) in [6.07, 6.45) is 4.85. The molecule has 1 fully saturated rings. The zero-order valence-corrected chi connectivity index (χ0v) is 21.9. The Morgan fingerprint density at radius 1 is 1.16 bits per heavy atom. The van der Waals surface area contributed by atoms with Gasteiger partial charge in [0, 0.05) is 54.2 Å². The summed E-state index contributed by atoms with van der Waals surface area (Å²) in [6.45, 7) is 7.18. The van der Waals surface area contributed by atoms with Gasteiger partial charge in [-0.05, 0) is 73.9 Å². The molecule has 0 bridgehead atoms. The third-order valence-corrected chi connectivity index (χ3v) is 7.34. The highest BCUT2D eigenvalue weighted by Gasteiger charge is 2.27. The standard InChI is InChI=1S/C30H31ClN4O2/c1-30(2,36)21-7-12-29-27(17-21)25(26-5-3-13-33-28(26)20-37-29)6-4-14-34-15-16-35(24(18-32)19-34)23-10-8-22(31)9-11-23/h3,5-13,17,24,36H,4,14-16,19-20H2,1-2H3. The lowest BCUT2D eigenvalue weighted by Crippen LogP contribution is -2.52. The Morgan fingerprint density at radius 3 is 2.73 bits per heavy atom. The second kappa shape index (κ2) is 10.5. The number of nitriles is 1. The number of aromatic nitrogens is 1. The first-order valence-corrected chi connectivity index (χ1v) is 13.0. The van der Waals surface area contributed by atoms with Crippen LogP contribution in [-0.4, -0.2) is 47.2 Å². The van der Waals surface area contributed by atoms with Crippen molar-refractivity contribution < 1.29 is 9.84 Å². The van der Waals surface area contributed by atoms with Crippen molar-refractivity contribution in [3.63, 3.8) is 0 Å². The van der Waals surface area contributed by atoms with Crippen LogP contribution in [0, 0.1) is 11.3 Å². The lowest BCUT2D eigenvalue weighted by Gasteiger charge is -2.39. The van der Waals surface area contributed by atoms with Gasteiger partial charge in [0.1, 0.15) is 18.4 Å². The fourth-order valence-corrected chi connectivity index (χ4v) is 5.17. The van der Waals surface area contributed by atoms with Gasteiger partial charge in [-0.2, -0.15) is 5.26 Å². The summed E-state index contributed by atoms with van der Waals surface area (Å²) in [6, 6.07) is 19.9. The molecule has 2 aromatic carbocycles. The third kappa shape index (κ3) is 5.50. The first kappa shape index (κ1) is 25.3. The number of fused-ring (bicyclic) bond motifs is 2. The predicted molar refractivity (Wildman–Crippen MR) is 147 cm³/mol. The van der Waals surface area contributed by atoms with E-state index in [4.69, 9.17) is 16.3 Å². The Morgan fingerprint density at radius 2 is 1.97 bits per heavy atom. The Hall–Kier alpha value is -3.37. The number of hydrogen-bond acceptors (Lipinski definition) is 6. The van der Waals surface area contributed by atoms with Gasteiger partial charge in [-0.3, -0.25) is 9.88 Å². The molecular weight excluding hydrogens is 484 g/mol. The van der Waals surface area contributed by atoms with Gasteiger partial charge in [0.05, 0.1) is 17.4 Å². The van der Waals surface area contributed by atoms with E-state index in [0.717, 1.165) is 65.4 Å². The quantitative estimate of drug-likeness (QED) is 0.492. The van der Waals surface area contributed by atoms with Crippen molar-refractivity contribution in [2.24, 2.45) is 0 Å². The Labute approximate surface area is 223 Å². The number of piperazine rings is 1. The molecular formula is C30H31ClN4O2. The van der Waals surface area contributed by atoms with Gasteiger partial charge >= 0.3 is 0 Å². The Balaban J connectivity index is 1.37. The van der Waals surface area contributed by atoms with Crippen molar-refractivity contribution in [2.45, 2.75) is 38.5 Å². The smallest absolute Gasteiger partial charge is 0.131 e. The van der Waals surface area contributed by atoms with Crippen molar-refractivity contribution in [1.82, 2.24) is 9.88 Å². The van der Waals surface area contributed by atoms with Crippen LogP contribution in [0.2, 0.25) is 5.02 Å². The number of nitrogens with zero attached hydrogens (tertiary/aromatic N) is 4. The van der Waals surface area contributed by atoms with E-state index in [0.29, 0.717) is 18.2 Å². The minimum absolute atomic E-state index is 0.214. The second-order valence-electron chi connectivity index (χ2n) is 10.1. The molecule has 1 saturated heterocycles. The summed E-state index contributed by atoms with van der Waals surface area (Å²) < 4.78 is 6.11. The van der Waals surface area contributed by atoms with E-state index in [1.165, 1.54) is 0 Å². The van der Waals surface area contributed by atoms with Crippen LogP contribution in [0.15, 0.2) is 66.9 Å². The summed E-state index contributed by atoms with van der Waals surface area (Å²) >= 11 is 6.05. The average molecular weight is 515 g/mol. The second-order valence-corrected chi connectivity index (χ2v) is 10.5. The van der Waals surface area contributed by atoms with E-state index in [9.17, 15) is 10.4 Å². The number of halogens is 1. The molecule has 0 aliphatic carbocycles. The zero-order chi connectivity index (χ0) is 26.0. The topological polar surface area (TPSA) is 72.6 Å². The van der Waals surface area contributed by atoms with Gasteiger partial charge < -0.3 is 14.7 Å². The monoisotopic (exact) mass is 514 g/mol. The largest absolute Gasteiger partial charge is 0.487 e. The van der Waals surface area contributed by atoms with Crippen molar-refractivity contribution in [3.05, 3.63) is 94.3 Å². The van der Waals surface area contributed by atoms with Crippen molar-refractivity contribution in [1.29, 1.82) is 5.26 Å². The van der Waals surface area contributed by atoms with E-state index < -0.39 is 5.60 Å². The summed E-state index contributed by atoms with van der Waals surface area (Å²) in [5, 5.41) is 21.2. The Bertz CT molecular complexity index is 1340. The van der Waals surface area contributed by atoms with Crippen LogP contribution in [0.5, 0.6) is 5.75 Å². The van der Waals surface area contributed by atoms with Gasteiger partial charge in [0.25, 0.3) is 0 Å². The molecule has 2 aliphatic heterocycles. The zero-order valence-electron chi connectivity index (χ0n) is 21.2. The summed E-state index contributed by atoms with van der Waals surface area (Å²) in [5.41, 5.74) is 4.89. The number of aliphatic hydroxyl groups is 1. The highest BCUT2D eigenvalue weighted by Crippen LogP contribution is 2.38. The molecule has 1 atom stereocenters. The lowest BCUT2D eigenvalue weighted by molar-refractivity contribution is 0.0785. The van der Waals surface area contributed by atoms with Crippen molar-refractivity contribution in [3.8, 4) is 11.8 Å². The normalized spacial score (nSPS) is 18.9. The maximum atomic E-state index is 10.6.